The molecule has 18 heavy (non-hydrogen) atoms. The van der Waals surface area contributed by atoms with E-state index in [2.05, 4.69) is 56.2 Å². The minimum atomic E-state index is 0.860. The van der Waals surface area contributed by atoms with Crippen LogP contribution in [0, 0.1) is 6.10 Å². The van der Waals surface area contributed by atoms with E-state index in [1.165, 1.54) is 12.1 Å². The number of nitrogens with zero attached hydrogens (tertiary/aromatic N) is 1. The maximum Gasteiger partial charge on any atom is 0.0943 e. The lowest BCUT2D eigenvalue weighted by Gasteiger charge is -2.22. The molecule has 0 N–H and O–H groups in total. The molecule has 0 atom stereocenters. The van der Waals surface area contributed by atoms with Gasteiger partial charge in [-0.05, 0) is 45.3 Å². The zero-order valence-electron chi connectivity index (χ0n) is 12.0. The third-order valence-corrected chi connectivity index (χ3v) is 3.07. The van der Waals surface area contributed by atoms with Gasteiger partial charge in [0.25, 0.3) is 0 Å². The van der Waals surface area contributed by atoms with Gasteiger partial charge in [-0.3, -0.25) is 0 Å². The number of allylic oxidation sites excluding steroid dienone is 5. The van der Waals surface area contributed by atoms with Crippen molar-refractivity contribution in [2.45, 2.75) is 46.5 Å². The van der Waals surface area contributed by atoms with Gasteiger partial charge in [0.2, 0.25) is 0 Å². The van der Waals surface area contributed by atoms with E-state index in [1.54, 1.807) is 0 Å². The van der Waals surface area contributed by atoms with Gasteiger partial charge in [-0.15, -0.1) is 0 Å². The summed E-state index contributed by atoms with van der Waals surface area (Å²) in [6, 6.07) is 0. The average Bonchev–Trinajstić information content (AvgIpc) is 2.61. The van der Waals surface area contributed by atoms with Crippen LogP contribution in [0.5, 0.6) is 0 Å². The largest absolute Gasteiger partial charge is 0.372 e. The first-order chi connectivity index (χ1) is 8.77. The highest BCUT2D eigenvalue weighted by atomic mass is 16.5. The summed E-state index contributed by atoms with van der Waals surface area (Å²) in [4.78, 5) is 2.29. The maximum atomic E-state index is 5.71. The monoisotopic (exact) mass is 248 g/mol. The Labute approximate surface area is 112 Å². The molecule has 101 valence electrons. The molecule has 0 aromatic carbocycles. The van der Waals surface area contributed by atoms with Gasteiger partial charge in [-0.2, -0.15) is 0 Å². The van der Waals surface area contributed by atoms with Crippen molar-refractivity contribution in [2.75, 3.05) is 13.2 Å². The van der Waals surface area contributed by atoms with E-state index >= 15 is 0 Å². The Morgan fingerprint density at radius 2 is 2.06 bits per heavy atom. The first-order valence-corrected chi connectivity index (χ1v) is 7.03. The molecule has 0 unspecified atom stereocenters. The Morgan fingerprint density at radius 1 is 1.22 bits per heavy atom. The molecule has 0 spiro atoms. The van der Waals surface area contributed by atoms with Crippen LogP contribution in [0.1, 0.15) is 46.5 Å². The van der Waals surface area contributed by atoms with E-state index in [9.17, 15) is 0 Å². The van der Waals surface area contributed by atoms with Crippen molar-refractivity contribution in [3.63, 3.8) is 0 Å². The molecule has 0 bridgehead atoms. The van der Waals surface area contributed by atoms with Gasteiger partial charge >= 0.3 is 0 Å². The molecule has 2 nitrogen and oxygen atoms in total. The van der Waals surface area contributed by atoms with Crippen molar-refractivity contribution >= 4 is 0 Å². The van der Waals surface area contributed by atoms with Crippen LogP contribution in [0.25, 0.3) is 0 Å². The second-order valence-electron chi connectivity index (χ2n) is 4.57. The van der Waals surface area contributed by atoms with Crippen molar-refractivity contribution in [1.29, 1.82) is 0 Å². The van der Waals surface area contributed by atoms with Crippen LogP contribution in [-0.2, 0) is 4.74 Å². The van der Waals surface area contributed by atoms with Crippen molar-refractivity contribution in [3.05, 3.63) is 42.3 Å². The molecule has 0 saturated carbocycles. The lowest BCUT2D eigenvalue weighted by atomic mass is 10.1. The Bertz CT molecular complexity index is 304. The predicted octanol–water partition coefficient (Wildman–Crippen LogP) is 4.42. The number of hydrogen-bond acceptors (Lipinski definition) is 2. The van der Waals surface area contributed by atoms with Crippen LogP contribution in [0.2, 0.25) is 0 Å². The van der Waals surface area contributed by atoms with Gasteiger partial charge < -0.3 is 9.64 Å². The van der Waals surface area contributed by atoms with Gasteiger partial charge in [-0.25, -0.2) is 0 Å². The number of unbranched alkanes of at least 4 members (excludes halogenated alkanes) is 1. The van der Waals surface area contributed by atoms with Gasteiger partial charge in [0.1, 0.15) is 0 Å². The SMILES string of the molecule is CCCCO[C](C)CCC1=CC=CC=CN1CC. The summed E-state index contributed by atoms with van der Waals surface area (Å²) < 4.78 is 5.71. The molecular weight excluding hydrogens is 222 g/mol. The van der Waals surface area contributed by atoms with Crippen molar-refractivity contribution in [1.82, 2.24) is 4.90 Å². The van der Waals surface area contributed by atoms with Gasteiger partial charge in [-0.1, -0.05) is 25.5 Å². The fraction of sp³-hybridized carbons (Fsp3) is 0.562. The molecule has 1 heterocycles. The molecular formula is C16H26NO. The molecule has 0 amide bonds. The van der Waals surface area contributed by atoms with Crippen LogP contribution in [-0.4, -0.2) is 18.1 Å². The predicted molar refractivity (Wildman–Crippen MR) is 77.8 cm³/mol. The molecule has 0 aliphatic carbocycles. The van der Waals surface area contributed by atoms with E-state index in [0.717, 1.165) is 38.5 Å². The standard InChI is InChI=1S/C16H26NO/c1-4-6-14-18-15(3)11-12-16-10-8-7-9-13-17(16)5-2/h7-10,13H,4-6,11-12,14H2,1-3H3. The van der Waals surface area contributed by atoms with Crippen LogP contribution in [0.3, 0.4) is 0 Å². The van der Waals surface area contributed by atoms with Crippen molar-refractivity contribution in [2.24, 2.45) is 0 Å². The third-order valence-electron chi connectivity index (χ3n) is 3.07. The highest BCUT2D eigenvalue weighted by Crippen LogP contribution is 2.20. The first-order valence-electron chi connectivity index (χ1n) is 7.03. The second-order valence-corrected chi connectivity index (χ2v) is 4.57. The summed E-state index contributed by atoms with van der Waals surface area (Å²) in [5, 5.41) is 0. The summed E-state index contributed by atoms with van der Waals surface area (Å²) in [6.45, 7) is 8.33. The summed E-state index contributed by atoms with van der Waals surface area (Å²) in [7, 11) is 0. The zero-order chi connectivity index (χ0) is 13.2. The van der Waals surface area contributed by atoms with Gasteiger partial charge in [0.15, 0.2) is 0 Å². The van der Waals surface area contributed by atoms with E-state index < -0.39 is 0 Å². The molecule has 1 aliphatic rings. The Morgan fingerprint density at radius 3 is 2.78 bits per heavy atom. The summed E-state index contributed by atoms with van der Waals surface area (Å²) in [5.41, 5.74) is 1.36. The molecule has 1 aliphatic heterocycles. The Hall–Kier alpha value is -1.02. The average molecular weight is 248 g/mol. The molecule has 1 rings (SSSR count). The molecule has 1 radical (unpaired) electrons. The van der Waals surface area contributed by atoms with Crippen LogP contribution in [0.15, 0.2) is 36.2 Å². The fourth-order valence-corrected chi connectivity index (χ4v) is 1.88. The molecule has 0 fully saturated rings. The number of ether oxygens (including phenoxy) is 1. The topological polar surface area (TPSA) is 12.5 Å². The Kier molecular flexibility index (Phi) is 7.51. The van der Waals surface area contributed by atoms with Crippen LogP contribution in [0.4, 0.5) is 0 Å². The van der Waals surface area contributed by atoms with Crippen LogP contribution >= 0.6 is 0 Å². The van der Waals surface area contributed by atoms with Gasteiger partial charge in [0.05, 0.1) is 6.10 Å². The summed E-state index contributed by atoms with van der Waals surface area (Å²) in [5.74, 6) is 0. The van der Waals surface area contributed by atoms with E-state index in [-0.39, 0.29) is 0 Å². The summed E-state index contributed by atoms with van der Waals surface area (Å²) >= 11 is 0. The lowest BCUT2D eigenvalue weighted by molar-refractivity contribution is 0.137. The first kappa shape index (κ1) is 15.0. The quantitative estimate of drug-likeness (QED) is 0.589. The molecule has 0 saturated heterocycles. The van der Waals surface area contributed by atoms with Gasteiger partial charge in [0, 0.05) is 25.0 Å². The zero-order valence-corrected chi connectivity index (χ0v) is 12.0. The van der Waals surface area contributed by atoms with Crippen molar-refractivity contribution < 1.29 is 4.74 Å². The molecule has 2 heteroatoms. The Balaban J connectivity index is 2.34. The summed E-state index contributed by atoms with van der Waals surface area (Å²) in [6.07, 6.45) is 16.1. The normalized spacial score (nSPS) is 15.1. The van der Waals surface area contributed by atoms with Crippen LogP contribution < -0.4 is 0 Å². The molecule has 0 aromatic rings. The second kappa shape index (κ2) is 8.98. The van der Waals surface area contributed by atoms with Crippen molar-refractivity contribution in [3.8, 4) is 0 Å². The highest BCUT2D eigenvalue weighted by Gasteiger charge is 2.09. The molecule has 0 aromatic heterocycles. The number of rotatable bonds is 8. The fourth-order valence-electron chi connectivity index (χ4n) is 1.88. The minimum Gasteiger partial charge on any atom is -0.372 e. The smallest absolute Gasteiger partial charge is 0.0943 e. The van der Waals surface area contributed by atoms with E-state index in [1.807, 2.05) is 0 Å². The van der Waals surface area contributed by atoms with E-state index in [0.29, 0.717) is 0 Å². The van der Waals surface area contributed by atoms with E-state index in [4.69, 9.17) is 4.74 Å². The maximum absolute atomic E-state index is 5.71. The lowest BCUT2D eigenvalue weighted by Crippen LogP contribution is -2.16. The highest BCUT2D eigenvalue weighted by molar-refractivity contribution is 5.22. The minimum absolute atomic E-state index is 0.860. The number of hydrogen-bond donors (Lipinski definition) is 0. The third kappa shape index (κ3) is 5.54.